The van der Waals surface area contributed by atoms with Gasteiger partial charge in [-0.1, -0.05) is 23.7 Å². The fraction of sp³-hybridized carbons (Fsp3) is 0.467. The Morgan fingerprint density at radius 2 is 2.05 bits per heavy atom. The van der Waals surface area contributed by atoms with Gasteiger partial charge in [-0.15, -0.1) is 0 Å². The highest BCUT2D eigenvalue weighted by Crippen LogP contribution is 2.41. The lowest BCUT2D eigenvalue weighted by molar-refractivity contribution is -0.443. The van der Waals surface area contributed by atoms with Gasteiger partial charge in [-0.05, 0) is 30.5 Å². The zero-order valence-electron chi connectivity index (χ0n) is 11.9. The molecule has 22 heavy (non-hydrogen) atoms. The predicted octanol–water partition coefficient (Wildman–Crippen LogP) is 2.42. The Morgan fingerprint density at radius 3 is 2.77 bits per heavy atom. The molecular formula is C15H16ClN3O3. The van der Waals surface area contributed by atoms with Crippen LogP contribution < -0.4 is 0 Å². The van der Waals surface area contributed by atoms with Crippen LogP contribution in [0.3, 0.4) is 0 Å². The fourth-order valence-corrected chi connectivity index (χ4v) is 3.69. The molecule has 2 saturated heterocycles. The highest BCUT2D eigenvalue weighted by molar-refractivity contribution is 6.30. The minimum atomic E-state index is -0.364. The molecule has 2 fully saturated rings. The normalized spacial score (nSPS) is 26.6. The standard InChI is InChI=1S/C15H16ClN3O3/c16-11-3-1-10(2-4-11)9-17-7-8-18-13-6-5-12(22-13)14(15(17)18)19(20)21/h1-4,12-13H,5-9H2/t12-,13+/m0/s1. The molecule has 0 aliphatic carbocycles. The van der Waals surface area contributed by atoms with Crippen LogP contribution in [0.25, 0.3) is 0 Å². The lowest BCUT2D eigenvalue weighted by atomic mass is 10.2. The van der Waals surface area contributed by atoms with Crippen molar-refractivity contribution in [1.82, 2.24) is 9.80 Å². The second-order valence-electron chi connectivity index (χ2n) is 5.86. The summed E-state index contributed by atoms with van der Waals surface area (Å²) in [7, 11) is 0. The summed E-state index contributed by atoms with van der Waals surface area (Å²) in [6.45, 7) is 2.21. The molecule has 3 aliphatic heterocycles. The molecule has 1 aromatic rings. The first-order valence-corrected chi connectivity index (χ1v) is 7.81. The van der Waals surface area contributed by atoms with E-state index < -0.39 is 0 Å². The Kier molecular flexibility index (Phi) is 3.23. The van der Waals surface area contributed by atoms with Gasteiger partial charge in [-0.3, -0.25) is 10.1 Å². The van der Waals surface area contributed by atoms with E-state index in [1.807, 2.05) is 24.3 Å². The number of nitro groups is 1. The Hall–Kier alpha value is -1.79. The molecule has 2 atom stereocenters. The molecule has 2 bridgehead atoms. The van der Waals surface area contributed by atoms with Crippen LogP contribution in [0.4, 0.5) is 0 Å². The summed E-state index contributed by atoms with van der Waals surface area (Å²) in [5.41, 5.74) is 1.32. The largest absolute Gasteiger partial charge is 0.347 e. The molecule has 0 radical (unpaired) electrons. The molecule has 0 saturated carbocycles. The van der Waals surface area contributed by atoms with Crippen molar-refractivity contribution < 1.29 is 9.66 Å². The highest BCUT2D eigenvalue weighted by Gasteiger charge is 2.50. The lowest BCUT2D eigenvalue weighted by Crippen LogP contribution is -2.41. The van der Waals surface area contributed by atoms with E-state index >= 15 is 0 Å². The van der Waals surface area contributed by atoms with Crippen LogP contribution in [0.5, 0.6) is 0 Å². The van der Waals surface area contributed by atoms with E-state index in [-0.39, 0.29) is 23.0 Å². The van der Waals surface area contributed by atoms with Gasteiger partial charge in [-0.25, -0.2) is 0 Å². The molecule has 0 amide bonds. The molecule has 0 unspecified atom stereocenters. The van der Waals surface area contributed by atoms with Gasteiger partial charge in [-0.2, -0.15) is 0 Å². The van der Waals surface area contributed by atoms with Gasteiger partial charge >= 0.3 is 5.70 Å². The summed E-state index contributed by atoms with van der Waals surface area (Å²) in [4.78, 5) is 15.4. The van der Waals surface area contributed by atoms with Crippen molar-refractivity contribution in [2.75, 3.05) is 13.1 Å². The third-order valence-corrected chi connectivity index (χ3v) is 4.80. The van der Waals surface area contributed by atoms with Crippen molar-refractivity contribution >= 4 is 11.6 Å². The van der Waals surface area contributed by atoms with E-state index in [0.717, 1.165) is 37.3 Å². The summed E-state index contributed by atoms with van der Waals surface area (Å²) in [5, 5.41) is 12.2. The number of rotatable bonds is 3. The number of halogens is 1. The molecular weight excluding hydrogens is 306 g/mol. The number of hydrogen-bond acceptors (Lipinski definition) is 5. The Labute approximate surface area is 133 Å². The van der Waals surface area contributed by atoms with Crippen molar-refractivity contribution in [1.29, 1.82) is 0 Å². The molecule has 3 aliphatic rings. The fourth-order valence-electron chi connectivity index (χ4n) is 3.57. The van der Waals surface area contributed by atoms with Crippen LogP contribution >= 0.6 is 11.6 Å². The van der Waals surface area contributed by atoms with Crippen LogP contribution in [0.15, 0.2) is 35.8 Å². The minimum absolute atomic E-state index is 0.00100. The highest BCUT2D eigenvalue weighted by atomic mass is 35.5. The maximum Gasteiger partial charge on any atom is 0.314 e. The van der Waals surface area contributed by atoms with Crippen molar-refractivity contribution in [3.8, 4) is 0 Å². The molecule has 0 N–H and O–H groups in total. The van der Waals surface area contributed by atoms with Gasteiger partial charge in [0.05, 0.1) is 4.92 Å². The average molecular weight is 322 g/mol. The number of ether oxygens (including phenoxy) is 1. The smallest absolute Gasteiger partial charge is 0.314 e. The Balaban J connectivity index is 1.67. The monoisotopic (exact) mass is 321 g/mol. The van der Waals surface area contributed by atoms with Crippen LogP contribution in [0.1, 0.15) is 18.4 Å². The van der Waals surface area contributed by atoms with Crippen LogP contribution in [-0.4, -0.2) is 40.1 Å². The zero-order chi connectivity index (χ0) is 15.3. The van der Waals surface area contributed by atoms with E-state index in [4.69, 9.17) is 16.3 Å². The van der Waals surface area contributed by atoms with Gasteiger partial charge in [0.15, 0.2) is 11.9 Å². The maximum atomic E-state index is 11.5. The first-order valence-electron chi connectivity index (χ1n) is 7.43. The molecule has 0 spiro atoms. The first kappa shape index (κ1) is 13.8. The van der Waals surface area contributed by atoms with Gasteiger partial charge in [0.25, 0.3) is 0 Å². The van der Waals surface area contributed by atoms with Gasteiger partial charge < -0.3 is 14.5 Å². The predicted molar refractivity (Wildman–Crippen MR) is 80.5 cm³/mol. The molecule has 1 aromatic carbocycles. The van der Waals surface area contributed by atoms with E-state index in [1.165, 1.54) is 0 Å². The molecule has 6 nitrogen and oxygen atoms in total. The molecule has 4 rings (SSSR count). The maximum absolute atomic E-state index is 11.5. The SMILES string of the molecule is O=[N+]([O-])C1=C2N(Cc3ccc(Cl)cc3)CCN2[C@H]2CC[C@@H]1O2. The molecule has 7 heteroatoms. The van der Waals surface area contributed by atoms with Crippen molar-refractivity contribution in [3.05, 3.63) is 56.5 Å². The first-order chi connectivity index (χ1) is 10.6. The van der Waals surface area contributed by atoms with Gasteiger partial charge in [0.2, 0.25) is 0 Å². The van der Waals surface area contributed by atoms with E-state index in [1.54, 1.807) is 0 Å². The summed E-state index contributed by atoms with van der Waals surface area (Å²) >= 11 is 5.91. The molecule has 3 heterocycles. The number of hydrogen-bond donors (Lipinski definition) is 0. The third-order valence-electron chi connectivity index (χ3n) is 4.54. The van der Waals surface area contributed by atoms with Crippen LogP contribution in [-0.2, 0) is 11.3 Å². The van der Waals surface area contributed by atoms with E-state index in [0.29, 0.717) is 11.6 Å². The van der Waals surface area contributed by atoms with Crippen molar-refractivity contribution in [2.24, 2.45) is 0 Å². The molecule has 0 aromatic heterocycles. The topological polar surface area (TPSA) is 58.9 Å². The second kappa shape index (κ2) is 5.14. The minimum Gasteiger partial charge on any atom is -0.347 e. The zero-order valence-corrected chi connectivity index (χ0v) is 12.7. The summed E-state index contributed by atoms with van der Waals surface area (Å²) in [5.74, 6) is 0.749. The van der Waals surface area contributed by atoms with Crippen molar-refractivity contribution in [2.45, 2.75) is 31.7 Å². The second-order valence-corrected chi connectivity index (χ2v) is 6.30. The number of benzene rings is 1. The number of nitrogens with zero attached hydrogens (tertiary/aromatic N) is 3. The summed E-state index contributed by atoms with van der Waals surface area (Å²) < 4.78 is 5.78. The van der Waals surface area contributed by atoms with Gasteiger partial charge in [0, 0.05) is 24.7 Å². The van der Waals surface area contributed by atoms with Gasteiger partial charge in [0.1, 0.15) is 6.23 Å². The Morgan fingerprint density at radius 1 is 1.27 bits per heavy atom. The third kappa shape index (κ3) is 2.14. The quantitative estimate of drug-likeness (QED) is 0.632. The van der Waals surface area contributed by atoms with E-state index in [2.05, 4.69) is 9.80 Å². The van der Waals surface area contributed by atoms with Crippen LogP contribution in [0.2, 0.25) is 5.02 Å². The summed E-state index contributed by atoms with van der Waals surface area (Å²) in [6, 6.07) is 7.62. The van der Waals surface area contributed by atoms with E-state index in [9.17, 15) is 10.1 Å². The van der Waals surface area contributed by atoms with Crippen LogP contribution in [0, 0.1) is 10.1 Å². The average Bonchev–Trinajstić information content (AvgIpc) is 3.08. The lowest BCUT2D eigenvalue weighted by Gasteiger charge is -2.32. The molecule has 116 valence electrons. The summed E-state index contributed by atoms with van der Waals surface area (Å²) in [6.07, 6.45) is 1.23. The van der Waals surface area contributed by atoms with Crippen molar-refractivity contribution in [3.63, 3.8) is 0 Å². The number of fused-ring (bicyclic) bond motifs is 4. The Bertz CT molecular complexity index is 646.